The van der Waals surface area contributed by atoms with Crippen LogP contribution in [0.2, 0.25) is 0 Å². The molecule has 0 atom stereocenters. The molecule has 0 unspecified atom stereocenters. The van der Waals surface area contributed by atoms with Gasteiger partial charge in [-0.1, -0.05) is 30.3 Å². The van der Waals surface area contributed by atoms with E-state index >= 15 is 0 Å². The third-order valence-electron chi connectivity index (χ3n) is 5.21. The third kappa shape index (κ3) is 4.77. The maximum atomic E-state index is 12.3. The molecule has 1 amide bonds. The molecule has 2 aromatic heterocycles. The Labute approximate surface area is 180 Å². The van der Waals surface area contributed by atoms with Crippen molar-refractivity contribution < 1.29 is 18.7 Å². The number of amides is 1. The fourth-order valence-electron chi connectivity index (χ4n) is 3.77. The van der Waals surface area contributed by atoms with Gasteiger partial charge in [-0.15, -0.1) is 0 Å². The zero-order valence-electron chi connectivity index (χ0n) is 17.7. The van der Waals surface area contributed by atoms with Crippen LogP contribution < -0.4 is 5.32 Å². The first-order chi connectivity index (χ1) is 15.0. The van der Waals surface area contributed by atoms with Gasteiger partial charge in [0.1, 0.15) is 5.58 Å². The third-order valence-corrected chi connectivity index (χ3v) is 5.21. The lowest BCUT2D eigenvalue weighted by molar-refractivity contribution is -0.147. The highest BCUT2D eigenvalue weighted by Crippen LogP contribution is 2.30. The monoisotopic (exact) mass is 419 g/mol. The lowest BCUT2D eigenvalue weighted by Gasteiger charge is -2.08. The second kappa shape index (κ2) is 9.04. The van der Waals surface area contributed by atoms with E-state index in [0.29, 0.717) is 6.54 Å². The summed E-state index contributed by atoms with van der Waals surface area (Å²) in [6.07, 6.45) is 2.37. The summed E-state index contributed by atoms with van der Waals surface area (Å²) in [4.78, 5) is 24.3. The van der Waals surface area contributed by atoms with Gasteiger partial charge in [0.05, 0.1) is 18.4 Å². The van der Waals surface area contributed by atoms with Gasteiger partial charge in [0, 0.05) is 29.7 Å². The van der Waals surface area contributed by atoms with E-state index in [2.05, 4.69) is 10.4 Å². The molecule has 0 spiro atoms. The summed E-state index contributed by atoms with van der Waals surface area (Å²) >= 11 is 0. The number of nitrogens with zero attached hydrogens (tertiary/aromatic N) is 2. The number of aromatic nitrogens is 2. The summed E-state index contributed by atoms with van der Waals surface area (Å²) in [6, 6.07) is 13.8. The number of esters is 1. The molecule has 0 aliphatic carbocycles. The first kappa shape index (κ1) is 20.7. The van der Waals surface area contributed by atoms with Gasteiger partial charge >= 0.3 is 5.97 Å². The average Bonchev–Trinajstić information content (AvgIpc) is 3.31. The van der Waals surface area contributed by atoms with E-state index in [4.69, 9.17) is 9.15 Å². The van der Waals surface area contributed by atoms with Crippen LogP contribution in [0.3, 0.4) is 0 Å². The molecule has 0 radical (unpaired) electrons. The van der Waals surface area contributed by atoms with E-state index in [0.717, 1.165) is 51.7 Å². The van der Waals surface area contributed by atoms with Gasteiger partial charge < -0.3 is 14.5 Å². The lowest BCUT2D eigenvalue weighted by Crippen LogP contribution is -2.30. The molecule has 2 heterocycles. The molecule has 7 nitrogen and oxygen atoms in total. The molecule has 31 heavy (non-hydrogen) atoms. The van der Waals surface area contributed by atoms with Gasteiger partial charge in [-0.25, -0.2) is 0 Å². The van der Waals surface area contributed by atoms with E-state index in [1.54, 1.807) is 6.26 Å². The predicted octanol–water partition coefficient (Wildman–Crippen LogP) is 3.69. The van der Waals surface area contributed by atoms with E-state index in [1.165, 1.54) is 0 Å². The molecule has 160 valence electrons. The van der Waals surface area contributed by atoms with Crippen LogP contribution in [-0.2, 0) is 27.3 Å². The fraction of sp³-hybridized carbons (Fsp3) is 0.292. The molecular formula is C24H25N3O4. The number of benzene rings is 2. The van der Waals surface area contributed by atoms with Gasteiger partial charge in [0.25, 0.3) is 5.91 Å². The molecule has 7 heteroatoms. The fourth-order valence-corrected chi connectivity index (χ4v) is 3.77. The average molecular weight is 419 g/mol. The summed E-state index contributed by atoms with van der Waals surface area (Å²) < 4.78 is 12.7. The number of carbonyl (C=O) groups is 2. The Morgan fingerprint density at radius 2 is 2.00 bits per heavy atom. The Balaban J connectivity index is 1.26. The van der Waals surface area contributed by atoms with Crippen molar-refractivity contribution in [2.45, 2.75) is 33.2 Å². The second-order valence-electron chi connectivity index (χ2n) is 7.61. The van der Waals surface area contributed by atoms with Crippen LogP contribution in [-0.4, -0.2) is 34.8 Å². The first-order valence-corrected chi connectivity index (χ1v) is 10.3. The van der Waals surface area contributed by atoms with Gasteiger partial charge in [-0.3, -0.25) is 14.3 Å². The quantitative estimate of drug-likeness (QED) is 0.348. The topological polar surface area (TPSA) is 86.4 Å². The number of fused-ring (bicyclic) bond motifs is 3. The molecule has 0 aliphatic heterocycles. The smallest absolute Gasteiger partial charge is 0.310 e. The van der Waals surface area contributed by atoms with E-state index in [9.17, 15) is 9.59 Å². The molecule has 2 aromatic carbocycles. The predicted molar refractivity (Wildman–Crippen MR) is 118 cm³/mol. The van der Waals surface area contributed by atoms with E-state index < -0.39 is 5.97 Å². The highest BCUT2D eigenvalue weighted by Gasteiger charge is 2.15. The van der Waals surface area contributed by atoms with Crippen LogP contribution in [0, 0.1) is 13.8 Å². The number of nitrogens with one attached hydrogen (secondary N) is 1. The lowest BCUT2D eigenvalue weighted by atomic mass is 10.0. The Bertz CT molecular complexity index is 1240. The van der Waals surface area contributed by atoms with Crippen LogP contribution in [0.25, 0.3) is 21.7 Å². The van der Waals surface area contributed by atoms with Crippen molar-refractivity contribution in [3.05, 3.63) is 65.7 Å². The Hall–Kier alpha value is -3.61. The van der Waals surface area contributed by atoms with Crippen LogP contribution in [0.5, 0.6) is 0 Å². The molecule has 0 saturated carbocycles. The number of furan rings is 1. The standard InChI is InChI=1S/C24H25N3O4/c1-16-12-17(2)27(26-16)11-5-10-25-22(28)15-31-23(29)13-19-14-30-21-9-8-18-6-3-4-7-20(18)24(19)21/h3-4,6-9,12,14H,5,10-11,13,15H2,1-2H3,(H,25,28). The van der Waals surface area contributed by atoms with Crippen molar-refractivity contribution in [1.29, 1.82) is 0 Å². The van der Waals surface area contributed by atoms with Crippen LogP contribution >= 0.6 is 0 Å². The van der Waals surface area contributed by atoms with E-state index in [1.807, 2.05) is 61.0 Å². The van der Waals surface area contributed by atoms with Crippen molar-refractivity contribution in [2.24, 2.45) is 0 Å². The summed E-state index contributed by atoms with van der Waals surface area (Å²) in [5.74, 6) is -0.780. The Morgan fingerprint density at radius 1 is 1.16 bits per heavy atom. The molecule has 4 aromatic rings. The number of hydrogen-bond donors (Lipinski definition) is 1. The number of hydrogen-bond acceptors (Lipinski definition) is 5. The minimum absolute atomic E-state index is 0.0478. The van der Waals surface area contributed by atoms with Crippen LogP contribution in [0.4, 0.5) is 0 Å². The van der Waals surface area contributed by atoms with E-state index in [-0.39, 0.29) is 18.9 Å². The summed E-state index contributed by atoms with van der Waals surface area (Å²) in [7, 11) is 0. The van der Waals surface area contributed by atoms with Gasteiger partial charge in [-0.2, -0.15) is 5.10 Å². The number of ether oxygens (including phenoxy) is 1. The minimum atomic E-state index is -0.464. The molecule has 0 saturated heterocycles. The highest BCUT2D eigenvalue weighted by atomic mass is 16.5. The Morgan fingerprint density at radius 3 is 2.81 bits per heavy atom. The van der Waals surface area contributed by atoms with Crippen molar-refractivity contribution in [2.75, 3.05) is 13.2 Å². The van der Waals surface area contributed by atoms with Crippen molar-refractivity contribution in [3.8, 4) is 0 Å². The zero-order valence-corrected chi connectivity index (χ0v) is 17.7. The van der Waals surface area contributed by atoms with Crippen LogP contribution in [0.15, 0.2) is 53.1 Å². The second-order valence-corrected chi connectivity index (χ2v) is 7.61. The molecule has 0 aliphatic rings. The Kier molecular flexibility index (Phi) is 6.02. The number of carbonyl (C=O) groups excluding carboxylic acids is 2. The molecule has 0 fully saturated rings. The molecular weight excluding hydrogens is 394 g/mol. The normalized spacial score (nSPS) is 11.2. The first-order valence-electron chi connectivity index (χ1n) is 10.3. The molecule has 0 bridgehead atoms. The van der Waals surface area contributed by atoms with Gasteiger partial charge in [0.2, 0.25) is 0 Å². The van der Waals surface area contributed by atoms with Gasteiger partial charge in [0.15, 0.2) is 6.61 Å². The maximum absolute atomic E-state index is 12.3. The summed E-state index contributed by atoms with van der Waals surface area (Å²) in [6.45, 7) is 4.88. The largest absolute Gasteiger partial charge is 0.464 e. The SMILES string of the molecule is Cc1cc(C)n(CCCNC(=O)COC(=O)Cc2coc3ccc4ccccc4c23)n1. The molecule has 4 rings (SSSR count). The van der Waals surface area contributed by atoms with Crippen molar-refractivity contribution in [1.82, 2.24) is 15.1 Å². The number of rotatable bonds is 8. The van der Waals surface area contributed by atoms with Crippen molar-refractivity contribution in [3.63, 3.8) is 0 Å². The highest BCUT2D eigenvalue weighted by molar-refractivity contribution is 6.08. The zero-order chi connectivity index (χ0) is 21.8. The summed E-state index contributed by atoms with van der Waals surface area (Å²) in [5.41, 5.74) is 3.55. The summed E-state index contributed by atoms with van der Waals surface area (Å²) in [5, 5.41) is 10.2. The maximum Gasteiger partial charge on any atom is 0.310 e. The van der Waals surface area contributed by atoms with Crippen molar-refractivity contribution >= 4 is 33.6 Å². The molecule has 1 N–H and O–H groups in total. The number of aryl methyl sites for hydroxylation is 3. The van der Waals surface area contributed by atoms with Gasteiger partial charge in [-0.05, 0) is 43.2 Å². The van der Waals surface area contributed by atoms with Crippen LogP contribution in [0.1, 0.15) is 23.4 Å². The minimum Gasteiger partial charge on any atom is -0.464 e.